The molecule has 11 heteroatoms. The van der Waals surface area contributed by atoms with Crippen molar-refractivity contribution in [3.05, 3.63) is 42.7 Å². The van der Waals surface area contributed by atoms with Crippen LogP contribution in [0.2, 0.25) is 0 Å². The van der Waals surface area contributed by atoms with Gasteiger partial charge in [-0.05, 0) is 24.3 Å². The number of nitrogens with zero attached hydrogens (tertiary/aromatic N) is 4. The fourth-order valence-corrected chi connectivity index (χ4v) is 2.99. The van der Waals surface area contributed by atoms with Gasteiger partial charge in [-0.2, -0.15) is 4.98 Å². The molecule has 1 aromatic heterocycles. The van der Waals surface area contributed by atoms with Gasteiger partial charge in [-0.1, -0.05) is 0 Å². The lowest BCUT2D eigenvalue weighted by molar-refractivity contribution is -0.135. The predicted octanol–water partition coefficient (Wildman–Crippen LogP) is 2.58. The standard InChI is InChI=1S/C20H19N5O6/c1-28-14-5-3-12(7-16(14)29-2)23-19-21-10-22-20(24-19)25(9-18(26)27)13-4-6-15-17(8-13)31-11-30-15/h3-8,10H,9,11H2,1-2H3,(H,26,27)(H,21,22,23,24). The zero-order chi connectivity index (χ0) is 21.8. The molecule has 0 aliphatic carbocycles. The molecule has 0 saturated carbocycles. The molecule has 3 aromatic rings. The number of anilines is 4. The normalized spacial score (nSPS) is 11.7. The Morgan fingerprint density at radius 1 is 1.10 bits per heavy atom. The maximum absolute atomic E-state index is 11.5. The average Bonchev–Trinajstić information content (AvgIpc) is 3.25. The van der Waals surface area contributed by atoms with Gasteiger partial charge in [-0.15, -0.1) is 0 Å². The smallest absolute Gasteiger partial charge is 0.323 e. The summed E-state index contributed by atoms with van der Waals surface area (Å²) >= 11 is 0. The molecule has 160 valence electrons. The molecule has 2 aromatic carbocycles. The first kappa shape index (κ1) is 20.0. The van der Waals surface area contributed by atoms with Gasteiger partial charge in [0.15, 0.2) is 23.0 Å². The number of carboxylic acids is 1. The minimum absolute atomic E-state index is 0.114. The van der Waals surface area contributed by atoms with Crippen LogP contribution in [0.4, 0.5) is 23.3 Å². The first-order valence-electron chi connectivity index (χ1n) is 9.14. The summed E-state index contributed by atoms with van der Waals surface area (Å²) in [4.78, 5) is 25.6. The van der Waals surface area contributed by atoms with Crippen LogP contribution < -0.4 is 29.2 Å². The highest BCUT2D eigenvalue weighted by molar-refractivity contribution is 5.78. The van der Waals surface area contributed by atoms with Gasteiger partial charge >= 0.3 is 5.97 Å². The number of carbonyl (C=O) groups is 1. The Labute approximate surface area is 177 Å². The van der Waals surface area contributed by atoms with Gasteiger partial charge in [0, 0.05) is 23.5 Å². The zero-order valence-corrected chi connectivity index (χ0v) is 16.7. The number of hydrogen-bond acceptors (Lipinski definition) is 10. The van der Waals surface area contributed by atoms with Crippen LogP contribution in [0, 0.1) is 0 Å². The maximum Gasteiger partial charge on any atom is 0.323 e. The lowest BCUT2D eigenvalue weighted by Gasteiger charge is -2.21. The monoisotopic (exact) mass is 425 g/mol. The largest absolute Gasteiger partial charge is 0.493 e. The molecule has 0 fully saturated rings. The first-order valence-corrected chi connectivity index (χ1v) is 9.14. The van der Waals surface area contributed by atoms with Crippen molar-refractivity contribution in [3.8, 4) is 23.0 Å². The first-order chi connectivity index (χ1) is 15.1. The molecule has 2 heterocycles. The van der Waals surface area contributed by atoms with Crippen molar-refractivity contribution < 1.29 is 28.8 Å². The minimum atomic E-state index is -1.05. The van der Waals surface area contributed by atoms with E-state index >= 15 is 0 Å². The molecule has 0 amide bonds. The van der Waals surface area contributed by atoms with Crippen LogP contribution in [-0.2, 0) is 4.79 Å². The molecular formula is C20H19N5O6. The van der Waals surface area contributed by atoms with E-state index in [1.165, 1.54) is 18.3 Å². The third-order valence-corrected chi connectivity index (χ3v) is 4.40. The molecule has 2 N–H and O–H groups in total. The molecule has 0 atom stereocenters. The van der Waals surface area contributed by atoms with E-state index in [1.54, 1.807) is 43.5 Å². The summed E-state index contributed by atoms with van der Waals surface area (Å²) in [5, 5.41) is 12.5. The van der Waals surface area contributed by atoms with Gasteiger partial charge in [0.1, 0.15) is 12.9 Å². The molecular weight excluding hydrogens is 406 g/mol. The van der Waals surface area contributed by atoms with Crippen molar-refractivity contribution in [2.24, 2.45) is 0 Å². The van der Waals surface area contributed by atoms with Gasteiger partial charge in [-0.25, -0.2) is 9.97 Å². The summed E-state index contributed by atoms with van der Waals surface area (Å²) < 4.78 is 21.2. The second-order valence-corrected chi connectivity index (χ2v) is 6.32. The lowest BCUT2D eigenvalue weighted by Crippen LogP contribution is -2.27. The Kier molecular flexibility index (Phi) is 5.56. The number of rotatable bonds is 8. The van der Waals surface area contributed by atoms with Crippen LogP contribution in [0.3, 0.4) is 0 Å². The Morgan fingerprint density at radius 2 is 1.90 bits per heavy atom. The van der Waals surface area contributed by atoms with Crippen molar-refractivity contribution in [2.45, 2.75) is 0 Å². The number of hydrogen-bond donors (Lipinski definition) is 2. The summed E-state index contributed by atoms with van der Waals surface area (Å²) in [6.07, 6.45) is 1.30. The molecule has 0 bridgehead atoms. The number of fused-ring (bicyclic) bond motifs is 1. The van der Waals surface area contributed by atoms with Gasteiger partial charge in [0.2, 0.25) is 18.7 Å². The molecule has 31 heavy (non-hydrogen) atoms. The molecule has 11 nitrogen and oxygen atoms in total. The minimum Gasteiger partial charge on any atom is -0.493 e. The van der Waals surface area contributed by atoms with E-state index in [0.29, 0.717) is 34.4 Å². The number of aliphatic carboxylic acids is 1. The molecule has 0 saturated heterocycles. The summed E-state index contributed by atoms with van der Waals surface area (Å²) in [5.74, 6) is 1.56. The molecule has 4 rings (SSSR count). The average molecular weight is 425 g/mol. The van der Waals surface area contributed by atoms with Crippen LogP contribution in [0.15, 0.2) is 42.7 Å². The van der Waals surface area contributed by atoms with E-state index in [1.807, 2.05) is 0 Å². The second kappa shape index (κ2) is 8.61. The third kappa shape index (κ3) is 4.34. The number of ether oxygens (including phenoxy) is 4. The summed E-state index contributed by atoms with van der Waals surface area (Å²) in [6, 6.07) is 10.3. The van der Waals surface area contributed by atoms with Crippen LogP contribution in [0.5, 0.6) is 23.0 Å². The highest BCUT2D eigenvalue weighted by Gasteiger charge is 2.21. The van der Waals surface area contributed by atoms with Crippen LogP contribution in [0.25, 0.3) is 0 Å². The van der Waals surface area contributed by atoms with Crippen molar-refractivity contribution in [2.75, 3.05) is 37.8 Å². The number of nitrogens with one attached hydrogen (secondary N) is 1. The second-order valence-electron chi connectivity index (χ2n) is 6.32. The van der Waals surface area contributed by atoms with Crippen molar-refractivity contribution >= 4 is 29.2 Å². The number of methoxy groups -OCH3 is 2. The SMILES string of the molecule is COc1ccc(Nc2ncnc(N(CC(=O)O)c3ccc4c(c3)OCO4)n2)cc1OC. The molecule has 1 aliphatic heterocycles. The van der Waals surface area contributed by atoms with E-state index in [0.717, 1.165) is 0 Å². The topological polar surface area (TPSA) is 128 Å². The summed E-state index contributed by atoms with van der Waals surface area (Å²) in [6.45, 7) is -0.248. The Bertz CT molecular complexity index is 1110. The third-order valence-electron chi connectivity index (χ3n) is 4.40. The maximum atomic E-state index is 11.5. The zero-order valence-electron chi connectivity index (χ0n) is 16.7. The van der Waals surface area contributed by atoms with Gasteiger partial charge in [0.05, 0.1) is 14.2 Å². The van der Waals surface area contributed by atoms with Gasteiger partial charge < -0.3 is 29.4 Å². The van der Waals surface area contributed by atoms with E-state index < -0.39 is 5.97 Å². The van der Waals surface area contributed by atoms with E-state index in [-0.39, 0.29) is 25.2 Å². The van der Waals surface area contributed by atoms with Crippen LogP contribution in [-0.4, -0.2) is 53.6 Å². The fourth-order valence-electron chi connectivity index (χ4n) is 2.99. The number of carboxylic acid groups (broad SMARTS) is 1. The number of aromatic nitrogens is 3. The summed E-state index contributed by atoms with van der Waals surface area (Å²) in [5.41, 5.74) is 1.19. The molecule has 0 unspecified atom stereocenters. The lowest BCUT2D eigenvalue weighted by atomic mass is 10.2. The van der Waals surface area contributed by atoms with Crippen molar-refractivity contribution in [3.63, 3.8) is 0 Å². The highest BCUT2D eigenvalue weighted by atomic mass is 16.7. The molecule has 0 radical (unpaired) electrons. The van der Waals surface area contributed by atoms with E-state index in [2.05, 4.69) is 20.3 Å². The quantitative estimate of drug-likeness (QED) is 0.552. The molecule has 1 aliphatic rings. The van der Waals surface area contributed by atoms with Crippen LogP contribution in [0.1, 0.15) is 0 Å². The van der Waals surface area contributed by atoms with Gasteiger partial charge in [0.25, 0.3) is 0 Å². The molecule has 0 spiro atoms. The van der Waals surface area contributed by atoms with Crippen molar-refractivity contribution in [1.29, 1.82) is 0 Å². The van der Waals surface area contributed by atoms with Crippen molar-refractivity contribution in [1.82, 2.24) is 15.0 Å². The number of benzene rings is 2. The van der Waals surface area contributed by atoms with Crippen LogP contribution >= 0.6 is 0 Å². The summed E-state index contributed by atoms with van der Waals surface area (Å²) in [7, 11) is 3.09. The fraction of sp³-hybridized carbons (Fsp3) is 0.200. The Balaban J connectivity index is 1.63. The van der Waals surface area contributed by atoms with E-state index in [4.69, 9.17) is 18.9 Å². The predicted molar refractivity (Wildman–Crippen MR) is 110 cm³/mol. The van der Waals surface area contributed by atoms with Gasteiger partial charge in [-0.3, -0.25) is 9.69 Å². The van der Waals surface area contributed by atoms with E-state index in [9.17, 15) is 9.90 Å². The highest BCUT2D eigenvalue weighted by Crippen LogP contribution is 2.37. The Hall–Kier alpha value is -4.28. The Morgan fingerprint density at radius 3 is 2.68 bits per heavy atom.